The topological polar surface area (TPSA) is 164 Å². The molecule has 6 saturated carbocycles. The number of carbonyl (C=O) groups is 6. The van der Waals surface area contributed by atoms with Gasteiger partial charge in [0.1, 0.15) is 28.6 Å². The monoisotopic (exact) mass is 846 g/mol. The Bertz CT molecular complexity index is 2150. The van der Waals surface area contributed by atoms with E-state index in [0.29, 0.717) is 50.5 Å². The molecule has 8 unspecified atom stereocenters. The van der Waals surface area contributed by atoms with Gasteiger partial charge in [-0.05, 0) is 100 Å². The molecule has 12 aliphatic rings. The lowest BCUT2D eigenvalue weighted by Crippen LogP contribution is -2.66. The maximum absolute atomic E-state index is 16.1. The van der Waals surface area contributed by atoms with Crippen LogP contribution in [0.1, 0.15) is 124 Å². The number of rotatable bonds is 2. The second-order valence-corrected chi connectivity index (χ2v) is 22.0. The number of methoxy groups -OCH3 is 2. The second kappa shape index (κ2) is 12.4. The molecule has 12 rings (SSSR count). The maximum Gasteiger partial charge on any atom is 0.312 e. The molecular weight excluding hydrogens is 788 g/mol. The van der Waals surface area contributed by atoms with E-state index in [4.69, 9.17) is 28.4 Å². The van der Waals surface area contributed by atoms with Gasteiger partial charge < -0.3 is 28.4 Å². The molecule has 61 heavy (non-hydrogen) atoms. The molecule has 0 aromatic carbocycles. The zero-order chi connectivity index (χ0) is 43.1. The van der Waals surface area contributed by atoms with Crippen LogP contribution in [-0.4, -0.2) is 90.4 Å². The van der Waals surface area contributed by atoms with Gasteiger partial charge in [0.2, 0.25) is 0 Å². The summed E-state index contributed by atoms with van der Waals surface area (Å²) in [6.07, 6.45) is 11.5. The summed E-state index contributed by atoms with van der Waals surface area (Å²) in [7, 11) is 2.74. The molecule has 4 aliphatic heterocycles. The molecule has 10 fully saturated rings. The number of carbonyl (C=O) groups excluding carboxylic acids is 6. The average molecular weight is 847 g/mol. The molecule has 0 radical (unpaired) electrons. The quantitative estimate of drug-likeness (QED) is 0.176. The summed E-state index contributed by atoms with van der Waals surface area (Å²) in [5.74, 6) is -2.45. The van der Waals surface area contributed by atoms with E-state index >= 15 is 4.39 Å². The normalized spacial score (nSPS) is 53.8. The van der Waals surface area contributed by atoms with Gasteiger partial charge in [-0.2, -0.15) is 0 Å². The summed E-state index contributed by atoms with van der Waals surface area (Å²) in [4.78, 5) is 74.7. The van der Waals surface area contributed by atoms with Crippen molar-refractivity contribution in [1.82, 2.24) is 0 Å². The number of halogens is 1. The minimum atomic E-state index is -1.58. The summed E-state index contributed by atoms with van der Waals surface area (Å²) < 4.78 is 51.6. The zero-order valence-electron chi connectivity index (χ0n) is 36.2. The third-order valence-corrected chi connectivity index (χ3v) is 20.4. The number of epoxide rings is 2. The number of esters is 4. The highest BCUT2D eigenvalue weighted by Crippen LogP contribution is 2.80. The fourth-order valence-electron chi connectivity index (χ4n) is 17.4. The Balaban J connectivity index is 0.000000138. The van der Waals surface area contributed by atoms with E-state index in [0.717, 1.165) is 56.9 Å². The first-order valence-corrected chi connectivity index (χ1v) is 22.9. The Morgan fingerprint density at radius 3 is 1.69 bits per heavy atom. The van der Waals surface area contributed by atoms with Gasteiger partial charge >= 0.3 is 23.9 Å². The van der Waals surface area contributed by atoms with Gasteiger partial charge in [0.05, 0.1) is 38.3 Å². The van der Waals surface area contributed by atoms with E-state index in [1.165, 1.54) is 20.3 Å². The molecule has 17 atom stereocenters. The molecule has 330 valence electrons. The molecule has 4 heterocycles. The third kappa shape index (κ3) is 4.63. The van der Waals surface area contributed by atoms with Crippen LogP contribution in [0.25, 0.3) is 0 Å². The molecular formula is C48H59FO12. The van der Waals surface area contributed by atoms with E-state index in [2.05, 4.69) is 20.8 Å². The van der Waals surface area contributed by atoms with Gasteiger partial charge in [-0.3, -0.25) is 28.8 Å². The first-order chi connectivity index (χ1) is 28.8. The largest absolute Gasteiger partial charge is 0.469 e. The van der Waals surface area contributed by atoms with Crippen molar-refractivity contribution in [3.8, 4) is 0 Å². The van der Waals surface area contributed by atoms with Crippen molar-refractivity contribution in [3.05, 3.63) is 23.3 Å². The molecule has 4 saturated heterocycles. The number of alkyl halides is 1. The molecule has 13 heteroatoms. The number of ketones is 2. The SMILES string of the molecule is COC(=O)[C@@H]1CC2=CC(=O)CC[C@]2(C)[C@@]23OC2C[C@@]2(C)C(CCC24CCC(=O)O4)C13.COC(=O)[C@H]1C2C3CCC4(CCC(=O)O4)[C@@]3(C)CC3O[C@]32[C@@]2(C)CCC(=O)C=C2[C@H]1F. The van der Waals surface area contributed by atoms with Crippen molar-refractivity contribution in [2.75, 3.05) is 14.2 Å². The van der Waals surface area contributed by atoms with Crippen molar-refractivity contribution in [3.63, 3.8) is 0 Å². The highest BCUT2D eigenvalue weighted by Gasteiger charge is 2.86. The summed E-state index contributed by atoms with van der Waals surface area (Å²) in [6.45, 7) is 8.67. The molecule has 0 aromatic heterocycles. The third-order valence-electron chi connectivity index (χ3n) is 20.4. The lowest BCUT2D eigenvalue weighted by molar-refractivity contribution is -0.176. The molecule has 0 amide bonds. The number of ether oxygens (including phenoxy) is 6. The highest BCUT2D eigenvalue weighted by molar-refractivity contribution is 5.93. The van der Waals surface area contributed by atoms with Crippen molar-refractivity contribution >= 4 is 35.4 Å². The lowest BCUT2D eigenvalue weighted by Gasteiger charge is -2.59. The minimum Gasteiger partial charge on any atom is -0.469 e. The van der Waals surface area contributed by atoms with Crippen LogP contribution in [0.3, 0.4) is 0 Å². The number of hydrogen-bond acceptors (Lipinski definition) is 12. The van der Waals surface area contributed by atoms with Gasteiger partial charge in [-0.15, -0.1) is 0 Å². The predicted molar refractivity (Wildman–Crippen MR) is 211 cm³/mol. The van der Waals surface area contributed by atoms with E-state index in [9.17, 15) is 28.8 Å². The fraction of sp³-hybridized carbons (Fsp3) is 0.792. The van der Waals surface area contributed by atoms with E-state index in [1.54, 1.807) is 6.08 Å². The fourth-order valence-corrected chi connectivity index (χ4v) is 17.4. The maximum atomic E-state index is 16.1. The van der Waals surface area contributed by atoms with E-state index in [-0.39, 0.29) is 87.5 Å². The molecule has 0 aromatic rings. The Morgan fingerprint density at radius 1 is 0.656 bits per heavy atom. The van der Waals surface area contributed by atoms with E-state index < -0.39 is 45.9 Å². The van der Waals surface area contributed by atoms with Crippen LogP contribution in [0, 0.1) is 57.2 Å². The molecule has 0 bridgehead atoms. The first-order valence-electron chi connectivity index (χ1n) is 22.9. The Kier molecular flexibility index (Phi) is 8.21. The average Bonchev–Trinajstić information content (AvgIpc) is 3.94. The number of hydrogen-bond donors (Lipinski definition) is 0. The zero-order valence-corrected chi connectivity index (χ0v) is 36.2. The van der Waals surface area contributed by atoms with Crippen LogP contribution in [0.5, 0.6) is 0 Å². The summed E-state index contributed by atoms with van der Waals surface area (Å²) in [5.41, 5.74) is -1.99. The standard InChI is InChI=1S/C24H29FO6.C24H30O6/c1-21-7-4-12(26)10-14(21)19(25)17(20(28)29-3)18-13-5-8-23(9-6-16(27)31-23)22(13,2)11-15-24(18,21)30-15;1-21-7-4-14(25)10-13(21)11-15(20(27)28-3)19-16-5-8-23(9-6-18(26)30-23)22(16,2)12-17-24(19,21)29-17/h10,13,15,17-19H,4-9,11H2,1-3H3;10,15-17,19H,4-9,11-12H2,1-3H3/t13?,15?,17-,18?,19+,21-,22-,23?,24+;15-,16?,17?,19?,21+,22+,23?,24-/m01/s1. The Labute approximate surface area is 355 Å². The minimum absolute atomic E-state index is 0.0181. The number of fused-ring (bicyclic) bond motifs is 8. The lowest BCUT2D eigenvalue weighted by atomic mass is 9.43. The highest BCUT2D eigenvalue weighted by atomic mass is 19.1. The van der Waals surface area contributed by atoms with Crippen LogP contribution >= 0.6 is 0 Å². The Morgan fingerprint density at radius 2 is 1.16 bits per heavy atom. The van der Waals surface area contributed by atoms with Crippen LogP contribution in [-0.2, 0) is 57.2 Å². The van der Waals surface area contributed by atoms with Crippen molar-refractivity contribution in [2.24, 2.45) is 57.2 Å². The van der Waals surface area contributed by atoms with Crippen LogP contribution in [0.2, 0.25) is 0 Å². The molecule has 0 N–H and O–H groups in total. The predicted octanol–water partition coefficient (Wildman–Crippen LogP) is 6.20. The Hall–Kier alpha value is -3.45. The van der Waals surface area contributed by atoms with Gasteiger partial charge in [-0.1, -0.05) is 33.3 Å². The van der Waals surface area contributed by atoms with Crippen molar-refractivity contribution < 1.29 is 61.6 Å². The van der Waals surface area contributed by atoms with Gasteiger partial charge in [0, 0.05) is 59.2 Å². The van der Waals surface area contributed by atoms with Gasteiger partial charge in [0.25, 0.3) is 0 Å². The molecule has 8 aliphatic carbocycles. The van der Waals surface area contributed by atoms with Crippen molar-refractivity contribution in [1.29, 1.82) is 0 Å². The second-order valence-electron chi connectivity index (χ2n) is 22.0. The summed E-state index contributed by atoms with van der Waals surface area (Å²) in [5, 5.41) is 0. The first kappa shape index (κ1) is 40.3. The van der Waals surface area contributed by atoms with Crippen LogP contribution < -0.4 is 0 Å². The molecule has 4 spiro atoms. The summed E-state index contributed by atoms with van der Waals surface area (Å²) in [6, 6.07) is 0. The van der Waals surface area contributed by atoms with Gasteiger partial charge in [0.15, 0.2) is 11.6 Å². The van der Waals surface area contributed by atoms with Crippen LogP contribution in [0.15, 0.2) is 23.3 Å². The molecule has 12 nitrogen and oxygen atoms in total. The summed E-state index contributed by atoms with van der Waals surface area (Å²) >= 11 is 0. The smallest absolute Gasteiger partial charge is 0.312 e. The van der Waals surface area contributed by atoms with Gasteiger partial charge in [-0.25, -0.2) is 4.39 Å². The van der Waals surface area contributed by atoms with Crippen molar-refractivity contribution in [2.45, 2.75) is 165 Å². The van der Waals surface area contributed by atoms with Crippen LogP contribution in [0.4, 0.5) is 4.39 Å². The van der Waals surface area contributed by atoms with E-state index in [1.807, 2.05) is 6.92 Å².